The van der Waals surface area contributed by atoms with Gasteiger partial charge in [0.25, 0.3) is 0 Å². The summed E-state index contributed by atoms with van der Waals surface area (Å²) in [4.78, 5) is 22.4. The SMILES string of the molecule is CC(=O)N[C@H]1CCN(c2nc(OCC(C)(C)C)nc(N(N)Cc3nonc3C)c2N)C1. The second-order valence-electron chi connectivity index (χ2n) is 8.97. The standard InChI is InChI=1S/C19H31N9O3/c1-11-14(26-31-25-11)9-28(21)17-15(20)16(23-18(24-17)30-10-19(3,4)5)27-7-6-13(8-27)22-12(2)29/h13H,6-10,20-21H2,1-5H3,(H,22,29)/t13-/m0/s1. The lowest BCUT2D eigenvalue weighted by molar-refractivity contribution is -0.119. The van der Waals surface area contributed by atoms with Gasteiger partial charge in [0.15, 0.2) is 11.6 Å². The van der Waals surface area contributed by atoms with Crippen LogP contribution in [0.5, 0.6) is 6.01 Å². The van der Waals surface area contributed by atoms with E-state index >= 15 is 0 Å². The molecule has 1 aliphatic heterocycles. The molecular weight excluding hydrogens is 402 g/mol. The van der Waals surface area contributed by atoms with Crippen molar-refractivity contribution in [1.29, 1.82) is 0 Å². The van der Waals surface area contributed by atoms with Gasteiger partial charge in [-0.05, 0) is 18.8 Å². The lowest BCUT2D eigenvalue weighted by Gasteiger charge is -2.25. The van der Waals surface area contributed by atoms with Gasteiger partial charge >= 0.3 is 6.01 Å². The van der Waals surface area contributed by atoms with E-state index in [1.807, 2.05) is 4.90 Å². The Morgan fingerprint density at radius 3 is 2.71 bits per heavy atom. The molecule has 3 rings (SSSR count). The Balaban J connectivity index is 1.90. The fourth-order valence-electron chi connectivity index (χ4n) is 3.22. The van der Waals surface area contributed by atoms with Crippen molar-refractivity contribution < 1.29 is 14.2 Å². The van der Waals surface area contributed by atoms with Gasteiger partial charge < -0.3 is 20.7 Å². The third-order valence-corrected chi connectivity index (χ3v) is 4.75. The smallest absolute Gasteiger partial charge is 0.320 e. The van der Waals surface area contributed by atoms with Gasteiger partial charge in [-0.15, -0.1) is 0 Å². The summed E-state index contributed by atoms with van der Waals surface area (Å²) in [7, 11) is 0. The average molecular weight is 434 g/mol. The van der Waals surface area contributed by atoms with Crippen LogP contribution in [0.4, 0.5) is 17.3 Å². The van der Waals surface area contributed by atoms with Gasteiger partial charge in [0.05, 0.1) is 13.2 Å². The number of nitrogens with one attached hydrogen (secondary N) is 1. The van der Waals surface area contributed by atoms with Crippen molar-refractivity contribution in [2.75, 3.05) is 35.3 Å². The first-order valence-corrected chi connectivity index (χ1v) is 10.2. The summed E-state index contributed by atoms with van der Waals surface area (Å²) in [5.74, 6) is 7.06. The molecule has 0 aliphatic carbocycles. The van der Waals surface area contributed by atoms with Crippen molar-refractivity contribution in [3.63, 3.8) is 0 Å². The summed E-state index contributed by atoms with van der Waals surface area (Å²) < 4.78 is 10.6. The highest BCUT2D eigenvalue weighted by atomic mass is 16.6. The number of nitrogen functional groups attached to an aromatic ring is 1. The number of ether oxygens (including phenoxy) is 1. The first-order chi connectivity index (χ1) is 14.5. The van der Waals surface area contributed by atoms with Gasteiger partial charge in [0.2, 0.25) is 5.91 Å². The van der Waals surface area contributed by atoms with E-state index in [0.717, 1.165) is 6.42 Å². The number of hydrogen-bond acceptors (Lipinski definition) is 11. The van der Waals surface area contributed by atoms with Crippen LogP contribution in [0.15, 0.2) is 4.63 Å². The van der Waals surface area contributed by atoms with Gasteiger partial charge in [0.1, 0.15) is 17.1 Å². The number of aryl methyl sites for hydroxylation is 1. The van der Waals surface area contributed by atoms with Crippen LogP contribution in [0.2, 0.25) is 0 Å². The van der Waals surface area contributed by atoms with Crippen molar-refractivity contribution >= 4 is 23.2 Å². The number of amides is 1. The van der Waals surface area contributed by atoms with Crippen LogP contribution in [0.3, 0.4) is 0 Å². The van der Waals surface area contributed by atoms with E-state index in [4.69, 9.17) is 20.9 Å². The molecule has 0 unspecified atom stereocenters. The number of nitrogens with zero attached hydrogens (tertiary/aromatic N) is 6. The van der Waals surface area contributed by atoms with Gasteiger partial charge in [0, 0.05) is 26.1 Å². The average Bonchev–Trinajstić information content (AvgIpc) is 3.29. The molecule has 12 nitrogen and oxygen atoms in total. The summed E-state index contributed by atoms with van der Waals surface area (Å²) >= 11 is 0. The molecule has 0 bridgehead atoms. The molecule has 1 aliphatic rings. The highest BCUT2D eigenvalue weighted by Gasteiger charge is 2.29. The number of rotatable bonds is 7. The van der Waals surface area contributed by atoms with E-state index in [2.05, 4.69) is 46.4 Å². The number of nitrogens with two attached hydrogens (primary N) is 2. The van der Waals surface area contributed by atoms with Crippen LogP contribution in [-0.4, -0.2) is 51.9 Å². The molecule has 0 radical (unpaired) electrons. The van der Waals surface area contributed by atoms with Crippen LogP contribution >= 0.6 is 0 Å². The zero-order chi connectivity index (χ0) is 22.8. The third kappa shape index (κ3) is 5.72. The van der Waals surface area contributed by atoms with E-state index < -0.39 is 0 Å². The Hall–Kier alpha value is -3.15. The molecular formula is C19H31N9O3. The predicted octanol–water partition coefficient (Wildman–Crippen LogP) is 0.770. The molecule has 1 fully saturated rings. The van der Waals surface area contributed by atoms with Crippen molar-refractivity contribution in [1.82, 2.24) is 25.6 Å². The van der Waals surface area contributed by atoms with Crippen LogP contribution in [0, 0.1) is 12.3 Å². The molecule has 2 aromatic heterocycles. The Bertz CT molecular complexity index is 925. The van der Waals surface area contributed by atoms with Crippen LogP contribution in [0.25, 0.3) is 0 Å². The number of anilines is 3. The molecule has 0 aromatic carbocycles. The minimum atomic E-state index is -0.0822. The normalized spacial score (nSPS) is 16.5. The van der Waals surface area contributed by atoms with Crippen molar-refractivity contribution in [3.8, 4) is 6.01 Å². The molecule has 170 valence electrons. The molecule has 1 amide bonds. The number of carbonyl (C=O) groups is 1. The van der Waals surface area contributed by atoms with Gasteiger partial charge in [-0.25, -0.2) is 10.5 Å². The van der Waals surface area contributed by atoms with Gasteiger partial charge in [-0.1, -0.05) is 31.1 Å². The first-order valence-electron chi connectivity index (χ1n) is 10.2. The quantitative estimate of drug-likeness (QED) is 0.417. The number of aromatic nitrogens is 4. The number of carbonyl (C=O) groups excluding carboxylic acids is 1. The maximum atomic E-state index is 11.4. The minimum absolute atomic E-state index is 0.0205. The minimum Gasteiger partial charge on any atom is -0.463 e. The Morgan fingerprint density at radius 1 is 1.35 bits per heavy atom. The molecule has 1 saturated heterocycles. The van der Waals surface area contributed by atoms with Crippen molar-refractivity contribution in [3.05, 3.63) is 11.4 Å². The topological polar surface area (TPSA) is 162 Å². The Kier molecular flexibility index (Phi) is 6.48. The molecule has 31 heavy (non-hydrogen) atoms. The van der Waals surface area contributed by atoms with E-state index in [9.17, 15) is 4.79 Å². The van der Waals surface area contributed by atoms with Crippen LogP contribution in [-0.2, 0) is 11.3 Å². The van der Waals surface area contributed by atoms with E-state index in [-0.39, 0.29) is 29.9 Å². The number of hydrogen-bond donors (Lipinski definition) is 3. The molecule has 1 atom stereocenters. The third-order valence-electron chi connectivity index (χ3n) is 4.75. The maximum absolute atomic E-state index is 11.4. The lowest BCUT2D eigenvalue weighted by atomic mass is 9.99. The van der Waals surface area contributed by atoms with E-state index in [1.165, 1.54) is 11.9 Å². The second-order valence-corrected chi connectivity index (χ2v) is 8.97. The zero-order valence-corrected chi connectivity index (χ0v) is 18.7. The number of hydrazine groups is 1. The Labute approximate surface area is 181 Å². The van der Waals surface area contributed by atoms with E-state index in [1.54, 1.807) is 6.92 Å². The highest BCUT2D eigenvalue weighted by Crippen LogP contribution is 2.34. The molecule has 5 N–H and O–H groups in total. The van der Waals surface area contributed by atoms with Crippen molar-refractivity contribution in [2.45, 2.75) is 53.6 Å². The van der Waals surface area contributed by atoms with Gasteiger partial charge in [-0.3, -0.25) is 9.80 Å². The summed E-state index contributed by atoms with van der Waals surface area (Å²) in [6.45, 7) is 11.3. The van der Waals surface area contributed by atoms with Crippen LogP contribution in [0.1, 0.15) is 45.5 Å². The second kappa shape index (κ2) is 8.92. The highest BCUT2D eigenvalue weighted by molar-refractivity contribution is 5.77. The maximum Gasteiger partial charge on any atom is 0.320 e. The Morgan fingerprint density at radius 2 is 2.10 bits per heavy atom. The molecule has 2 aromatic rings. The summed E-state index contributed by atoms with van der Waals surface area (Å²) in [5.41, 5.74) is 7.88. The van der Waals surface area contributed by atoms with E-state index in [0.29, 0.717) is 48.4 Å². The van der Waals surface area contributed by atoms with Gasteiger partial charge in [-0.2, -0.15) is 9.97 Å². The molecule has 12 heteroatoms. The first kappa shape index (κ1) is 22.5. The van der Waals surface area contributed by atoms with Crippen molar-refractivity contribution in [2.24, 2.45) is 11.3 Å². The monoisotopic (exact) mass is 433 g/mol. The lowest BCUT2D eigenvalue weighted by Crippen LogP contribution is -2.36. The molecule has 0 saturated carbocycles. The fraction of sp³-hybridized carbons (Fsp3) is 0.632. The summed E-state index contributed by atoms with van der Waals surface area (Å²) in [5, 5.41) is 11.9. The molecule has 0 spiro atoms. The predicted molar refractivity (Wildman–Crippen MR) is 115 cm³/mol. The fourth-order valence-corrected chi connectivity index (χ4v) is 3.22. The largest absolute Gasteiger partial charge is 0.463 e. The zero-order valence-electron chi connectivity index (χ0n) is 18.7. The van der Waals surface area contributed by atoms with Crippen LogP contribution < -0.4 is 31.5 Å². The molecule has 3 heterocycles. The summed E-state index contributed by atoms with van der Waals surface area (Å²) in [6.07, 6.45) is 0.784. The summed E-state index contributed by atoms with van der Waals surface area (Å²) in [6, 6.07) is 0.203.